The zero-order valence-electron chi connectivity index (χ0n) is 27.9. The van der Waals surface area contributed by atoms with Crippen LogP contribution in [0.2, 0.25) is 0 Å². The molecule has 0 saturated carbocycles. The van der Waals surface area contributed by atoms with Crippen LogP contribution in [0, 0.1) is 0 Å². The third-order valence-corrected chi connectivity index (χ3v) is 11.4. The van der Waals surface area contributed by atoms with Crippen LogP contribution in [0.15, 0.2) is 162 Å². The van der Waals surface area contributed by atoms with Gasteiger partial charge in [-0.05, 0) is 124 Å². The van der Waals surface area contributed by atoms with E-state index in [1.54, 1.807) is 0 Å². The molecule has 11 rings (SSSR count). The molecule has 10 aromatic rings. The van der Waals surface area contributed by atoms with E-state index in [2.05, 4.69) is 166 Å². The first-order chi connectivity index (χ1) is 24.5. The average Bonchev–Trinajstić information content (AvgIpc) is 3.65. The predicted octanol–water partition coefficient (Wildman–Crippen LogP) is 13.8. The highest BCUT2D eigenvalue weighted by molar-refractivity contribution is 6.21. The van der Waals surface area contributed by atoms with E-state index < -0.39 is 0 Å². The molecule has 1 heterocycles. The van der Waals surface area contributed by atoms with Gasteiger partial charge in [0.2, 0.25) is 0 Å². The summed E-state index contributed by atoms with van der Waals surface area (Å²) in [6.07, 6.45) is 0. The number of benzene rings is 9. The summed E-state index contributed by atoms with van der Waals surface area (Å²) in [5.74, 6) is 0. The molecule has 0 amide bonds. The molecule has 50 heavy (non-hydrogen) atoms. The summed E-state index contributed by atoms with van der Waals surface area (Å²) in [5.41, 5.74) is 12.1. The summed E-state index contributed by atoms with van der Waals surface area (Å²) in [7, 11) is 0. The van der Waals surface area contributed by atoms with Crippen molar-refractivity contribution < 1.29 is 4.42 Å². The number of rotatable bonds is 2. The molecule has 0 bridgehead atoms. The van der Waals surface area contributed by atoms with Crippen molar-refractivity contribution in [3.63, 3.8) is 0 Å². The van der Waals surface area contributed by atoms with Gasteiger partial charge in [0.1, 0.15) is 11.2 Å². The highest BCUT2D eigenvalue weighted by Crippen LogP contribution is 2.55. The lowest BCUT2D eigenvalue weighted by Gasteiger charge is -2.24. The van der Waals surface area contributed by atoms with Gasteiger partial charge in [0.05, 0.1) is 0 Å². The van der Waals surface area contributed by atoms with Crippen molar-refractivity contribution in [3.8, 4) is 33.4 Å². The van der Waals surface area contributed by atoms with E-state index in [9.17, 15) is 0 Å². The first-order valence-electron chi connectivity index (χ1n) is 17.5. The van der Waals surface area contributed by atoms with Crippen LogP contribution < -0.4 is 0 Å². The number of hydrogen-bond donors (Lipinski definition) is 0. The topological polar surface area (TPSA) is 13.1 Å². The van der Waals surface area contributed by atoms with E-state index in [1.807, 2.05) is 6.07 Å². The van der Waals surface area contributed by atoms with Gasteiger partial charge in [-0.25, -0.2) is 0 Å². The Kier molecular flexibility index (Phi) is 5.51. The molecule has 0 unspecified atom stereocenters. The summed E-state index contributed by atoms with van der Waals surface area (Å²) >= 11 is 0. The van der Waals surface area contributed by atoms with Crippen LogP contribution in [0.4, 0.5) is 0 Å². The van der Waals surface area contributed by atoms with Crippen molar-refractivity contribution >= 4 is 65.0 Å². The molecule has 234 valence electrons. The van der Waals surface area contributed by atoms with Crippen LogP contribution in [0.1, 0.15) is 25.0 Å². The second-order valence-corrected chi connectivity index (χ2v) is 14.4. The third kappa shape index (κ3) is 3.72. The Bertz CT molecular complexity index is 3060. The molecule has 1 aliphatic carbocycles. The maximum absolute atomic E-state index is 6.39. The van der Waals surface area contributed by atoms with Crippen LogP contribution in [-0.2, 0) is 5.41 Å². The number of para-hydroxylation sites is 1. The Balaban J connectivity index is 1.22. The van der Waals surface area contributed by atoms with Gasteiger partial charge in [-0.2, -0.15) is 0 Å². The highest BCUT2D eigenvalue weighted by atomic mass is 16.3. The van der Waals surface area contributed by atoms with Crippen molar-refractivity contribution in [2.24, 2.45) is 0 Å². The molecular formula is C49H32O. The predicted molar refractivity (Wildman–Crippen MR) is 212 cm³/mol. The van der Waals surface area contributed by atoms with Crippen molar-refractivity contribution in [2.75, 3.05) is 0 Å². The van der Waals surface area contributed by atoms with E-state index >= 15 is 0 Å². The van der Waals surface area contributed by atoms with E-state index in [4.69, 9.17) is 4.42 Å². The lowest BCUT2D eigenvalue weighted by atomic mass is 9.78. The van der Waals surface area contributed by atoms with Gasteiger partial charge in [0.15, 0.2) is 0 Å². The van der Waals surface area contributed by atoms with Crippen molar-refractivity contribution in [1.82, 2.24) is 0 Å². The monoisotopic (exact) mass is 636 g/mol. The average molecular weight is 637 g/mol. The van der Waals surface area contributed by atoms with Gasteiger partial charge >= 0.3 is 0 Å². The summed E-state index contributed by atoms with van der Waals surface area (Å²) in [4.78, 5) is 0. The fraction of sp³-hybridized carbons (Fsp3) is 0.0612. The number of furan rings is 1. The van der Waals surface area contributed by atoms with Gasteiger partial charge in [-0.15, -0.1) is 0 Å². The second-order valence-electron chi connectivity index (χ2n) is 14.4. The maximum atomic E-state index is 6.39. The fourth-order valence-corrected chi connectivity index (χ4v) is 9.11. The summed E-state index contributed by atoms with van der Waals surface area (Å²) < 4.78 is 6.39. The molecule has 1 heteroatoms. The molecule has 9 aromatic carbocycles. The Morgan fingerprint density at radius 1 is 0.380 bits per heavy atom. The standard InChI is InChI=1S/C49H32O/c1-49(2)43-17-9-7-16-39(43)47-40(32-22-23-37-36-15-8-10-18-44(36)50-45(37)28-32)25-31-19-20-33(27-41(31)48(47)49)46-35-14-6-4-12-30(35)26-42-34-13-5-3-11-29(34)21-24-38(42)46/h3-28H,1-2H3. The van der Waals surface area contributed by atoms with Crippen LogP contribution >= 0.6 is 0 Å². The summed E-state index contributed by atoms with van der Waals surface area (Å²) in [6.45, 7) is 4.80. The van der Waals surface area contributed by atoms with Gasteiger partial charge in [-0.1, -0.05) is 135 Å². The summed E-state index contributed by atoms with van der Waals surface area (Å²) in [5, 5.41) is 12.6. The minimum absolute atomic E-state index is 0.181. The van der Waals surface area contributed by atoms with E-state index in [0.717, 1.165) is 21.9 Å². The van der Waals surface area contributed by atoms with E-state index in [-0.39, 0.29) is 5.41 Å². The van der Waals surface area contributed by atoms with E-state index in [0.29, 0.717) is 0 Å². The molecule has 0 atom stereocenters. The van der Waals surface area contributed by atoms with Crippen molar-refractivity contribution in [2.45, 2.75) is 19.3 Å². The SMILES string of the molecule is CC1(C)c2ccccc2-c2c(-c3ccc4c(c3)oc3ccccc34)cc3ccc(-c4c5ccccc5cc5c4ccc4ccccc45)cc3c21. The molecule has 1 aliphatic rings. The Hall–Kier alpha value is -6.18. The maximum Gasteiger partial charge on any atom is 0.136 e. The first kappa shape index (κ1) is 27.7. The number of fused-ring (bicyclic) bond motifs is 12. The van der Waals surface area contributed by atoms with E-state index in [1.165, 1.54) is 87.6 Å². The molecule has 0 saturated heterocycles. The number of hydrogen-bond acceptors (Lipinski definition) is 1. The normalized spacial score (nSPS) is 13.6. The molecule has 0 N–H and O–H groups in total. The Morgan fingerprint density at radius 2 is 1.04 bits per heavy atom. The molecule has 0 aliphatic heterocycles. The van der Waals surface area contributed by atoms with Crippen molar-refractivity contribution in [3.05, 3.63) is 169 Å². The zero-order chi connectivity index (χ0) is 33.1. The molecule has 0 spiro atoms. The fourth-order valence-electron chi connectivity index (χ4n) is 9.11. The van der Waals surface area contributed by atoms with Gasteiger partial charge in [0, 0.05) is 16.2 Å². The van der Waals surface area contributed by atoms with Crippen LogP contribution in [-0.4, -0.2) is 0 Å². The highest BCUT2D eigenvalue weighted by Gasteiger charge is 2.38. The lowest BCUT2D eigenvalue weighted by Crippen LogP contribution is -2.15. The largest absolute Gasteiger partial charge is 0.456 e. The zero-order valence-corrected chi connectivity index (χ0v) is 27.9. The first-order valence-corrected chi connectivity index (χ1v) is 17.5. The molecule has 1 aromatic heterocycles. The quantitative estimate of drug-likeness (QED) is 0.136. The Labute approximate surface area is 290 Å². The second kappa shape index (κ2) is 9.94. The van der Waals surface area contributed by atoms with Crippen molar-refractivity contribution in [1.29, 1.82) is 0 Å². The molecule has 0 fully saturated rings. The van der Waals surface area contributed by atoms with Gasteiger partial charge < -0.3 is 4.42 Å². The van der Waals surface area contributed by atoms with Crippen LogP contribution in [0.25, 0.3) is 98.4 Å². The van der Waals surface area contributed by atoms with Crippen LogP contribution in [0.3, 0.4) is 0 Å². The molecule has 1 nitrogen and oxygen atoms in total. The van der Waals surface area contributed by atoms with Gasteiger partial charge in [0.25, 0.3) is 0 Å². The minimum atomic E-state index is -0.181. The molecular weight excluding hydrogens is 605 g/mol. The minimum Gasteiger partial charge on any atom is -0.456 e. The smallest absolute Gasteiger partial charge is 0.136 e. The Morgan fingerprint density at radius 3 is 1.94 bits per heavy atom. The van der Waals surface area contributed by atoms with Gasteiger partial charge in [-0.3, -0.25) is 0 Å². The van der Waals surface area contributed by atoms with Crippen LogP contribution in [0.5, 0.6) is 0 Å². The summed E-state index contributed by atoms with van der Waals surface area (Å²) in [6, 6.07) is 58.2. The molecule has 0 radical (unpaired) electrons. The lowest BCUT2D eigenvalue weighted by molar-refractivity contribution is 0.666. The third-order valence-electron chi connectivity index (χ3n) is 11.4.